The van der Waals surface area contributed by atoms with Gasteiger partial charge in [0.1, 0.15) is 12.4 Å². The molecule has 0 atom stereocenters. The second-order valence-electron chi connectivity index (χ2n) is 6.80. The molecule has 30 heavy (non-hydrogen) atoms. The zero-order chi connectivity index (χ0) is 21.2. The molecule has 0 bridgehead atoms. The Morgan fingerprint density at radius 2 is 1.70 bits per heavy atom. The maximum absolute atomic E-state index is 12.3. The summed E-state index contributed by atoms with van der Waals surface area (Å²) in [5.74, 6) is 0.646. The number of urea groups is 1. The van der Waals surface area contributed by atoms with Gasteiger partial charge in [0, 0.05) is 37.6 Å². The Morgan fingerprint density at radius 3 is 2.37 bits per heavy atom. The number of benzene rings is 2. The topological polar surface area (TPSA) is 94.1 Å². The zero-order valence-corrected chi connectivity index (χ0v) is 17.4. The van der Waals surface area contributed by atoms with Crippen molar-refractivity contribution in [2.24, 2.45) is 0 Å². The Labute approximate surface area is 180 Å². The largest absolute Gasteiger partial charge is 0.492 e. The average Bonchev–Trinajstić information content (AvgIpc) is 2.78. The molecule has 1 heterocycles. The number of hydrogen-bond donors (Lipinski definition) is 3. The van der Waals surface area contributed by atoms with Crippen molar-refractivity contribution in [1.29, 1.82) is 0 Å². The predicted molar refractivity (Wildman–Crippen MR) is 115 cm³/mol. The molecule has 8 nitrogen and oxygen atoms in total. The van der Waals surface area contributed by atoms with Gasteiger partial charge in [-0.05, 0) is 41.6 Å². The van der Waals surface area contributed by atoms with E-state index in [0.717, 1.165) is 31.4 Å². The van der Waals surface area contributed by atoms with Crippen molar-refractivity contribution < 1.29 is 19.5 Å². The lowest BCUT2D eigenvalue weighted by atomic mass is 10.2. The van der Waals surface area contributed by atoms with Crippen LogP contribution in [0, 0.1) is 0 Å². The molecule has 0 aromatic heterocycles. The van der Waals surface area contributed by atoms with Gasteiger partial charge in [0.15, 0.2) is 0 Å². The van der Waals surface area contributed by atoms with Crippen LogP contribution in [0.3, 0.4) is 0 Å². The van der Waals surface area contributed by atoms with Gasteiger partial charge in [-0.1, -0.05) is 30.3 Å². The fraction of sp³-hybridized carbons (Fsp3) is 0.333. The van der Waals surface area contributed by atoms with E-state index in [9.17, 15) is 9.59 Å². The van der Waals surface area contributed by atoms with E-state index < -0.39 is 5.24 Å². The van der Waals surface area contributed by atoms with Gasteiger partial charge in [-0.25, -0.2) is 10.3 Å². The number of hydroxylamine groups is 1. The number of hydrogen-bond acceptors (Lipinski definition) is 6. The fourth-order valence-corrected chi connectivity index (χ4v) is 3.65. The molecule has 3 N–H and O–H groups in total. The second-order valence-corrected chi connectivity index (χ2v) is 7.85. The first-order chi connectivity index (χ1) is 14.6. The van der Waals surface area contributed by atoms with Crippen LogP contribution in [-0.4, -0.2) is 65.6 Å². The molecule has 2 aromatic rings. The lowest BCUT2D eigenvalue weighted by Crippen LogP contribution is -2.51. The summed E-state index contributed by atoms with van der Waals surface area (Å²) in [6.45, 7) is 4.80. The number of ether oxygens (including phenoxy) is 1. The van der Waals surface area contributed by atoms with Crippen molar-refractivity contribution in [3.8, 4) is 5.75 Å². The quantitative estimate of drug-likeness (QED) is 0.271. The van der Waals surface area contributed by atoms with E-state index in [0.29, 0.717) is 36.9 Å². The average molecular weight is 431 g/mol. The first-order valence-electron chi connectivity index (χ1n) is 9.78. The molecule has 1 saturated heterocycles. The third-order valence-corrected chi connectivity index (χ3v) is 5.47. The van der Waals surface area contributed by atoms with Gasteiger partial charge >= 0.3 is 11.3 Å². The Bertz CT molecular complexity index is 812. The Balaban J connectivity index is 1.31. The summed E-state index contributed by atoms with van der Waals surface area (Å²) in [6.07, 6.45) is 0. The summed E-state index contributed by atoms with van der Waals surface area (Å²) >= 11 is 0.879. The summed E-state index contributed by atoms with van der Waals surface area (Å²) < 4.78 is 5.61. The van der Waals surface area contributed by atoms with Crippen LogP contribution in [0.5, 0.6) is 5.75 Å². The van der Waals surface area contributed by atoms with Gasteiger partial charge in [-0.3, -0.25) is 14.9 Å². The first-order valence-corrected chi connectivity index (χ1v) is 10.6. The molecule has 0 radical (unpaired) electrons. The van der Waals surface area contributed by atoms with Crippen molar-refractivity contribution in [3.63, 3.8) is 0 Å². The minimum absolute atomic E-state index is 0.0697. The maximum atomic E-state index is 12.3. The summed E-state index contributed by atoms with van der Waals surface area (Å²) in [4.78, 5) is 28.3. The number of carbonyl (C=O) groups is 2. The highest BCUT2D eigenvalue weighted by molar-refractivity contribution is 8.13. The van der Waals surface area contributed by atoms with E-state index in [1.165, 1.54) is 5.56 Å². The van der Waals surface area contributed by atoms with Gasteiger partial charge in [0.05, 0.1) is 6.54 Å². The predicted octanol–water partition coefficient (Wildman–Crippen LogP) is 2.78. The molecular weight excluding hydrogens is 404 g/mol. The molecule has 0 aliphatic carbocycles. The Morgan fingerprint density at radius 1 is 1.00 bits per heavy atom. The van der Waals surface area contributed by atoms with Crippen molar-refractivity contribution >= 4 is 23.0 Å². The van der Waals surface area contributed by atoms with Crippen LogP contribution in [-0.2, 0) is 6.54 Å². The Hall–Kier alpha value is -2.75. The molecule has 0 saturated carbocycles. The molecule has 2 aromatic carbocycles. The van der Waals surface area contributed by atoms with Crippen molar-refractivity contribution in [1.82, 2.24) is 20.6 Å². The summed E-state index contributed by atoms with van der Waals surface area (Å²) in [5, 5.41) is 10.9. The molecule has 1 aliphatic rings. The molecule has 1 aliphatic heterocycles. The fourth-order valence-electron chi connectivity index (χ4n) is 3.12. The number of nitrogens with one attached hydrogen (secondary N) is 2. The monoisotopic (exact) mass is 430 g/mol. The van der Waals surface area contributed by atoms with Crippen LogP contribution in [0.25, 0.3) is 0 Å². The molecule has 1 fully saturated rings. The molecule has 0 spiro atoms. The third-order valence-electron chi connectivity index (χ3n) is 4.68. The molecule has 160 valence electrons. The molecule has 3 rings (SSSR count). The van der Waals surface area contributed by atoms with Crippen molar-refractivity contribution in [2.45, 2.75) is 11.4 Å². The molecule has 9 heteroatoms. The standard InChI is InChI=1S/C21H26N4O4S/c26-20(25-13-11-24(12-14-25)16-17-4-2-1-3-5-17)22-10-15-29-18-6-8-19(9-7-18)30-21(27)23-28/h1-9,28H,10-16H2,(H,22,26)(H,23,27). The van der Waals surface area contributed by atoms with Crippen LogP contribution in [0.4, 0.5) is 9.59 Å². The van der Waals surface area contributed by atoms with E-state index in [4.69, 9.17) is 9.94 Å². The SMILES string of the molecule is O=C(NO)Sc1ccc(OCCNC(=O)N2CCN(Cc3ccccc3)CC2)cc1. The van der Waals surface area contributed by atoms with Crippen LogP contribution >= 0.6 is 11.8 Å². The van der Waals surface area contributed by atoms with E-state index in [1.54, 1.807) is 29.7 Å². The number of amides is 3. The van der Waals surface area contributed by atoms with E-state index >= 15 is 0 Å². The highest BCUT2D eigenvalue weighted by Gasteiger charge is 2.20. The highest BCUT2D eigenvalue weighted by atomic mass is 32.2. The van der Waals surface area contributed by atoms with E-state index in [2.05, 4.69) is 22.3 Å². The second kappa shape index (κ2) is 11.4. The van der Waals surface area contributed by atoms with Crippen molar-refractivity contribution in [3.05, 3.63) is 60.2 Å². The van der Waals surface area contributed by atoms with E-state index in [1.807, 2.05) is 23.1 Å². The zero-order valence-electron chi connectivity index (χ0n) is 16.6. The van der Waals surface area contributed by atoms with Gasteiger partial charge in [-0.2, -0.15) is 0 Å². The minimum Gasteiger partial charge on any atom is -0.492 e. The van der Waals surface area contributed by atoms with Crippen LogP contribution in [0.2, 0.25) is 0 Å². The molecular formula is C21H26N4O4S. The summed E-state index contributed by atoms with van der Waals surface area (Å²) in [7, 11) is 0. The smallest absolute Gasteiger partial charge is 0.317 e. The van der Waals surface area contributed by atoms with Gasteiger partial charge in [-0.15, -0.1) is 0 Å². The molecule has 0 unspecified atom stereocenters. The lowest BCUT2D eigenvalue weighted by molar-refractivity contribution is 0.134. The normalized spacial score (nSPS) is 14.2. The lowest BCUT2D eigenvalue weighted by Gasteiger charge is -2.34. The number of nitrogens with zero attached hydrogens (tertiary/aromatic N) is 2. The Kier molecular flexibility index (Phi) is 8.37. The number of thioether (sulfide) groups is 1. The number of piperazine rings is 1. The van der Waals surface area contributed by atoms with Gasteiger partial charge < -0.3 is 15.0 Å². The number of rotatable bonds is 7. The third kappa shape index (κ3) is 6.94. The van der Waals surface area contributed by atoms with Gasteiger partial charge in [0.25, 0.3) is 0 Å². The minimum atomic E-state index is -0.549. The summed E-state index contributed by atoms with van der Waals surface area (Å²) in [5.41, 5.74) is 2.85. The molecule has 3 amide bonds. The van der Waals surface area contributed by atoms with Gasteiger partial charge in [0.2, 0.25) is 0 Å². The van der Waals surface area contributed by atoms with Crippen molar-refractivity contribution in [2.75, 3.05) is 39.3 Å². The van der Waals surface area contributed by atoms with Crippen LogP contribution < -0.4 is 15.5 Å². The summed E-state index contributed by atoms with van der Waals surface area (Å²) in [6, 6.07) is 17.2. The van der Waals surface area contributed by atoms with Crippen LogP contribution in [0.1, 0.15) is 5.56 Å². The number of carbonyl (C=O) groups excluding carboxylic acids is 2. The maximum Gasteiger partial charge on any atom is 0.317 e. The first kappa shape index (κ1) is 21.9. The van der Waals surface area contributed by atoms with E-state index in [-0.39, 0.29) is 6.03 Å². The van der Waals surface area contributed by atoms with Crippen LogP contribution in [0.15, 0.2) is 59.5 Å². The highest BCUT2D eigenvalue weighted by Crippen LogP contribution is 2.21.